The molecular formula is C17H16Br2O6. The van der Waals surface area contributed by atoms with Crippen LogP contribution in [0, 0.1) is 0 Å². The van der Waals surface area contributed by atoms with Crippen LogP contribution >= 0.6 is 31.9 Å². The van der Waals surface area contributed by atoms with Gasteiger partial charge in [0.25, 0.3) is 0 Å². The Balaban J connectivity index is 0.000000251. The lowest BCUT2D eigenvalue weighted by Gasteiger charge is -2.03. The molecule has 2 aromatic carbocycles. The first-order valence-corrected chi connectivity index (χ1v) is 8.40. The van der Waals surface area contributed by atoms with E-state index in [4.69, 9.17) is 9.84 Å². The zero-order valence-corrected chi connectivity index (χ0v) is 16.9. The van der Waals surface area contributed by atoms with E-state index >= 15 is 0 Å². The predicted molar refractivity (Wildman–Crippen MR) is 99.2 cm³/mol. The van der Waals surface area contributed by atoms with E-state index in [1.807, 2.05) is 0 Å². The van der Waals surface area contributed by atoms with Crippen molar-refractivity contribution in [2.24, 2.45) is 0 Å². The maximum absolute atomic E-state index is 11.1. The van der Waals surface area contributed by atoms with Crippen molar-refractivity contribution in [1.82, 2.24) is 0 Å². The van der Waals surface area contributed by atoms with Gasteiger partial charge in [0.15, 0.2) is 0 Å². The van der Waals surface area contributed by atoms with Crippen LogP contribution < -0.4 is 4.74 Å². The predicted octanol–water partition coefficient (Wildman–Crippen LogP) is 4.19. The number of phenols is 1. The molecule has 6 nitrogen and oxygen atoms in total. The van der Waals surface area contributed by atoms with Crippen LogP contribution in [0.5, 0.6) is 11.5 Å². The second-order valence-electron chi connectivity index (χ2n) is 4.56. The molecule has 2 rings (SSSR count). The van der Waals surface area contributed by atoms with E-state index in [1.165, 1.54) is 26.4 Å². The number of esters is 2. The van der Waals surface area contributed by atoms with Crippen molar-refractivity contribution in [3.63, 3.8) is 0 Å². The summed E-state index contributed by atoms with van der Waals surface area (Å²) in [7, 11) is 4.18. The maximum atomic E-state index is 11.1. The molecule has 8 heteroatoms. The minimum atomic E-state index is -0.466. The number of hydrogen-bond acceptors (Lipinski definition) is 6. The molecule has 0 aliphatic heterocycles. The summed E-state index contributed by atoms with van der Waals surface area (Å²) in [6, 6.07) is 9.48. The van der Waals surface area contributed by atoms with E-state index in [-0.39, 0.29) is 11.7 Å². The van der Waals surface area contributed by atoms with Gasteiger partial charge in [-0.1, -0.05) is 31.9 Å². The highest BCUT2D eigenvalue weighted by atomic mass is 79.9. The van der Waals surface area contributed by atoms with Crippen LogP contribution in [0.4, 0.5) is 0 Å². The van der Waals surface area contributed by atoms with Crippen molar-refractivity contribution >= 4 is 43.8 Å². The number of rotatable bonds is 3. The molecule has 0 amide bonds. The molecule has 0 heterocycles. The number of methoxy groups -OCH3 is 3. The quantitative estimate of drug-likeness (QED) is 0.670. The van der Waals surface area contributed by atoms with Crippen LogP contribution in [0.25, 0.3) is 0 Å². The van der Waals surface area contributed by atoms with Crippen molar-refractivity contribution in [2.45, 2.75) is 0 Å². The van der Waals surface area contributed by atoms with Gasteiger partial charge in [0.05, 0.1) is 32.5 Å². The molecule has 0 aliphatic carbocycles. The van der Waals surface area contributed by atoms with Gasteiger partial charge >= 0.3 is 11.9 Å². The Hall–Kier alpha value is -2.06. The van der Waals surface area contributed by atoms with Crippen molar-refractivity contribution in [3.05, 3.63) is 56.5 Å². The second kappa shape index (κ2) is 10.0. The first kappa shape index (κ1) is 21.0. The summed E-state index contributed by atoms with van der Waals surface area (Å²) in [5.74, 6) is -0.189. The third-order valence-electron chi connectivity index (χ3n) is 2.83. The van der Waals surface area contributed by atoms with Gasteiger partial charge in [-0.15, -0.1) is 0 Å². The zero-order valence-electron chi connectivity index (χ0n) is 13.7. The van der Waals surface area contributed by atoms with Crippen LogP contribution in [0.2, 0.25) is 0 Å². The minimum absolute atomic E-state index is 0.0322. The van der Waals surface area contributed by atoms with Crippen LogP contribution in [-0.4, -0.2) is 38.4 Å². The molecule has 0 atom stereocenters. The average Bonchev–Trinajstić information content (AvgIpc) is 2.59. The van der Waals surface area contributed by atoms with Gasteiger partial charge < -0.3 is 19.3 Å². The summed E-state index contributed by atoms with van der Waals surface area (Å²) in [6.07, 6.45) is 0. The molecule has 0 spiro atoms. The summed E-state index contributed by atoms with van der Waals surface area (Å²) >= 11 is 6.41. The molecule has 0 unspecified atom stereocenters. The number of benzene rings is 2. The Bertz CT molecular complexity index is 741. The van der Waals surface area contributed by atoms with Crippen molar-refractivity contribution in [1.29, 1.82) is 0 Å². The van der Waals surface area contributed by atoms with E-state index in [1.54, 1.807) is 31.4 Å². The third-order valence-corrected chi connectivity index (χ3v) is 3.75. The number of halogens is 2. The van der Waals surface area contributed by atoms with Crippen LogP contribution in [0.15, 0.2) is 45.3 Å². The molecule has 0 bridgehead atoms. The molecule has 0 aromatic heterocycles. The van der Waals surface area contributed by atoms with Gasteiger partial charge in [-0.05, 0) is 36.4 Å². The summed E-state index contributed by atoms with van der Waals surface area (Å²) in [4.78, 5) is 22.1. The number of carbonyl (C=O) groups is 2. The fraction of sp³-hybridized carbons (Fsp3) is 0.176. The normalized spacial score (nSPS) is 9.48. The molecule has 0 saturated carbocycles. The third kappa shape index (κ3) is 6.75. The summed E-state index contributed by atoms with van der Waals surface area (Å²) < 4.78 is 15.5. The summed E-state index contributed by atoms with van der Waals surface area (Å²) in [5.41, 5.74) is 0.790. The highest BCUT2D eigenvalue weighted by Crippen LogP contribution is 2.22. The Kier molecular flexibility index (Phi) is 8.44. The standard InChI is InChI=1S/C9H9BrO3.C8H7BrO3/c1-12-8-4-6(9(11)13-2)3-7(10)5-8;1-12-8(11)5-2-6(9)4-7(10)3-5/h3-5H,1-2H3;2-4,10H,1H3. The molecule has 0 radical (unpaired) electrons. The van der Waals surface area contributed by atoms with Gasteiger partial charge in [0.2, 0.25) is 0 Å². The monoisotopic (exact) mass is 474 g/mol. The smallest absolute Gasteiger partial charge is 0.338 e. The van der Waals surface area contributed by atoms with Crippen LogP contribution in [0.3, 0.4) is 0 Å². The van der Waals surface area contributed by atoms with Crippen LogP contribution in [-0.2, 0) is 9.47 Å². The lowest BCUT2D eigenvalue weighted by Crippen LogP contribution is -2.01. The highest BCUT2D eigenvalue weighted by Gasteiger charge is 2.08. The molecule has 0 aliphatic rings. The number of phenolic OH excluding ortho intramolecular Hbond substituents is 1. The summed E-state index contributed by atoms with van der Waals surface area (Å²) in [5, 5.41) is 9.10. The Morgan fingerprint density at radius 3 is 1.72 bits per heavy atom. The van der Waals surface area contributed by atoms with E-state index < -0.39 is 5.97 Å². The molecule has 1 N–H and O–H groups in total. The average molecular weight is 476 g/mol. The maximum Gasteiger partial charge on any atom is 0.338 e. The minimum Gasteiger partial charge on any atom is -0.508 e. The first-order chi connectivity index (χ1) is 11.8. The number of hydrogen-bond donors (Lipinski definition) is 1. The number of aromatic hydroxyl groups is 1. The largest absolute Gasteiger partial charge is 0.508 e. The lowest BCUT2D eigenvalue weighted by atomic mass is 10.2. The molecule has 0 saturated heterocycles. The van der Waals surface area contributed by atoms with Gasteiger partial charge in [0.1, 0.15) is 11.5 Å². The Morgan fingerprint density at radius 1 is 0.800 bits per heavy atom. The van der Waals surface area contributed by atoms with E-state index in [0.29, 0.717) is 21.3 Å². The molecule has 2 aromatic rings. The Morgan fingerprint density at radius 2 is 1.28 bits per heavy atom. The highest BCUT2D eigenvalue weighted by molar-refractivity contribution is 9.10. The topological polar surface area (TPSA) is 82.1 Å². The van der Waals surface area contributed by atoms with Gasteiger partial charge in [-0.2, -0.15) is 0 Å². The van der Waals surface area contributed by atoms with Crippen LogP contribution in [0.1, 0.15) is 20.7 Å². The molecular weight excluding hydrogens is 460 g/mol. The van der Waals surface area contributed by atoms with E-state index in [0.717, 1.165) is 4.47 Å². The first-order valence-electron chi connectivity index (χ1n) is 6.81. The summed E-state index contributed by atoms with van der Waals surface area (Å²) in [6.45, 7) is 0. The van der Waals surface area contributed by atoms with Gasteiger partial charge in [-0.25, -0.2) is 9.59 Å². The second-order valence-corrected chi connectivity index (χ2v) is 6.39. The van der Waals surface area contributed by atoms with Gasteiger partial charge in [0, 0.05) is 8.95 Å². The van der Waals surface area contributed by atoms with E-state index in [9.17, 15) is 9.59 Å². The fourth-order valence-electron chi connectivity index (χ4n) is 1.73. The molecule has 25 heavy (non-hydrogen) atoms. The van der Waals surface area contributed by atoms with Crippen molar-refractivity contribution in [2.75, 3.05) is 21.3 Å². The van der Waals surface area contributed by atoms with E-state index in [2.05, 4.69) is 41.3 Å². The molecule has 0 fully saturated rings. The fourth-order valence-corrected chi connectivity index (χ4v) is 2.68. The SMILES string of the molecule is COC(=O)c1cc(Br)cc(OC)c1.COC(=O)c1cc(O)cc(Br)c1. The zero-order chi connectivity index (χ0) is 19.0. The molecule has 134 valence electrons. The Labute approximate surface area is 162 Å². The number of ether oxygens (including phenoxy) is 3. The number of carbonyl (C=O) groups excluding carboxylic acids is 2. The van der Waals surface area contributed by atoms with Crippen molar-refractivity contribution in [3.8, 4) is 11.5 Å². The van der Waals surface area contributed by atoms with Gasteiger partial charge in [-0.3, -0.25) is 0 Å². The lowest BCUT2D eigenvalue weighted by molar-refractivity contribution is 0.0591. The van der Waals surface area contributed by atoms with Crippen molar-refractivity contribution < 1.29 is 28.9 Å².